The van der Waals surface area contributed by atoms with Gasteiger partial charge in [0.05, 0.1) is 0 Å². The molecule has 0 aromatic heterocycles. The van der Waals surface area contributed by atoms with Crippen molar-refractivity contribution in [3.05, 3.63) is 83.4 Å². The van der Waals surface area contributed by atoms with Crippen molar-refractivity contribution in [1.82, 2.24) is 0 Å². The SMILES string of the molecule is Cc1ccc(-c2ccc(-c3ccc(C4CCC(C)CC4)c(F)c3)cc2F)cc1. The van der Waals surface area contributed by atoms with Gasteiger partial charge >= 0.3 is 0 Å². The van der Waals surface area contributed by atoms with Gasteiger partial charge in [-0.25, -0.2) is 8.78 Å². The summed E-state index contributed by atoms with van der Waals surface area (Å²) in [5.74, 6) is 0.603. The molecule has 1 aliphatic rings. The van der Waals surface area contributed by atoms with Gasteiger partial charge in [0.2, 0.25) is 0 Å². The Morgan fingerprint density at radius 3 is 1.86 bits per heavy atom. The molecular weight excluding hydrogens is 350 g/mol. The lowest BCUT2D eigenvalue weighted by Gasteiger charge is -2.26. The molecule has 1 saturated carbocycles. The van der Waals surface area contributed by atoms with Crippen LogP contribution in [0.4, 0.5) is 8.78 Å². The van der Waals surface area contributed by atoms with E-state index in [4.69, 9.17) is 0 Å². The lowest BCUT2D eigenvalue weighted by atomic mass is 9.79. The topological polar surface area (TPSA) is 0 Å². The summed E-state index contributed by atoms with van der Waals surface area (Å²) in [5.41, 5.74) is 4.80. The molecule has 0 amide bonds. The zero-order valence-corrected chi connectivity index (χ0v) is 16.5. The van der Waals surface area contributed by atoms with Crippen molar-refractivity contribution in [2.45, 2.75) is 45.4 Å². The third-order valence-electron chi connectivity index (χ3n) is 6.12. The summed E-state index contributed by atoms with van der Waals surface area (Å²) in [6.45, 7) is 4.28. The van der Waals surface area contributed by atoms with Gasteiger partial charge < -0.3 is 0 Å². The fourth-order valence-corrected chi connectivity index (χ4v) is 4.27. The van der Waals surface area contributed by atoms with E-state index >= 15 is 0 Å². The van der Waals surface area contributed by atoms with Gasteiger partial charge in [-0.1, -0.05) is 73.9 Å². The Bertz CT molecular complexity index is 964. The fraction of sp³-hybridized carbons (Fsp3) is 0.308. The largest absolute Gasteiger partial charge is 0.207 e. The van der Waals surface area contributed by atoms with Crippen molar-refractivity contribution < 1.29 is 8.78 Å². The van der Waals surface area contributed by atoms with Crippen molar-refractivity contribution >= 4 is 0 Å². The molecule has 4 rings (SSSR count). The number of aryl methyl sites for hydroxylation is 1. The molecule has 2 heteroatoms. The van der Waals surface area contributed by atoms with Crippen LogP contribution in [0.1, 0.15) is 49.7 Å². The molecule has 144 valence electrons. The summed E-state index contributed by atoms with van der Waals surface area (Å²) in [6, 6.07) is 18.3. The average Bonchev–Trinajstić information content (AvgIpc) is 2.69. The Labute approximate surface area is 166 Å². The maximum Gasteiger partial charge on any atom is 0.131 e. The van der Waals surface area contributed by atoms with Gasteiger partial charge in [-0.15, -0.1) is 0 Å². The van der Waals surface area contributed by atoms with Crippen molar-refractivity contribution in [3.63, 3.8) is 0 Å². The second-order valence-corrected chi connectivity index (χ2v) is 8.25. The van der Waals surface area contributed by atoms with E-state index in [-0.39, 0.29) is 11.6 Å². The number of hydrogen-bond acceptors (Lipinski definition) is 0. The Morgan fingerprint density at radius 1 is 0.679 bits per heavy atom. The van der Waals surface area contributed by atoms with Crippen LogP contribution in [0, 0.1) is 24.5 Å². The first kappa shape index (κ1) is 18.9. The van der Waals surface area contributed by atoms with Crippen LogP contribution in [0.25, 0.3) is 22.3 Å². The van der Waals surface area contributed by atoms with Gasteiger partial charge in [-0.3, -0.25) is 0 Å². The average molecular weight is 376 g/mol. The summed E-state index contributed by atoms with van der Waals surface area (Å²) in [5, 5.41) is 0. The Kier molecular flexibility index (Phi) is 5.30. The van der Waals surface area contributed by atoms with E-state index in [0.717, 1.165) is 53.9 Å². The maximum atomic E-state index is 14.8. The van der Waals surface area contributed by atoms with Crippen LogP contribution in [0.5, 0.6) is 0 Å². The second-order valence-electron chi connectivity index (χ2n) is 8.25. The van der Waals surface area contributed by atoms with Gasteiger partial charge in [-0.05, 0) is 66.0 Å². The van der Waals surface area contributed by atoms with Gasteiger partial charge in [0.15, 0.2) is 0 Å². The quantitative estimate of drug-likeness (QED) is 0.436. The molecule has 0 spiro atoms. The van der Waals surface area contributed by atoms with E-state index in [1.54, 1.807) is 12.1 Å². The molecule has 3 aromatic carbocycles. The molecule has 0 nitrogen and oxygen atoms in total. The molecule has 0 atom stereocenters. The first-order valence-corrected chi connectivity index (χ1v) is 10.2. The molecule has 0 bridgehead atoms. The minimum atomic E-state index is -0.285. The highest BCUT2D eigenvalue weighted by atomic mass is 19.1. The zero-order chi connectivity index (χ0) is 19.7. The van der Waals surface area contributed by atoms with Gasteiger partial charge in [0, 0.05) is 5.56 Å². The molecule has 1 fully saturated rings. The standard InChI is InChI=1S/C26H26F2/c1-17-3-7-19(8-4-17)23-13-11-21(15-25(23)27)22-12-14-24(26(28)16-22)20-9-5-18(2)6-10-20/h3-4,7-8,11-16,18,20H,5-6,9-10H2,1-2H3. The van der Waals surface area contributed by atoms with Crippen LogP contribution < -0.4 is 0 Å². The summed E-state index contributed by atoms with van der Waals surface area (Å²) in [4.78, 5) is 0. The Balaban J connectivity index is 1.60. The summed E-state index contributed by atoms with van der Waals surface area (Å²) < 4.78 is 29.5. The van der Waals surface area contributed by atoms with Crippen molar-refractivity contribution in [1.29, 1.82) is 0 Å². The smallest absolute Gasteiger partial charge is 0.131 e. The van der Waals surface area contributed by atoms with Gasteiger partial charge in [0.1, 0.15) is 11.6 Å². The lowest BCUT2D eigenvalue weighted by Crippen LogP contribution is -2.12. The minimum absolute atomic E-state index is 0.167. The first-order valence-electron chi connectivity index (χ1n) is 10.2. The monoisotopic (exact) mass is 376 g/mol. The van der Waals surface area contributed by atoms with E-state index in [0.29, 0.717) is 17.0 Å². The lowest BCUT2D eigenvalue weighted by molar-refractivity contribution is 0.342. The van der Waals surface area contributed by atoms with Crippen LogP contribution in [-0.4, -0.2) is 0 Å². The van der Waals surface area contributed by atoms with E-state index in [1.807, 2.05) is 49.4 Å². The highest BCUT2D eigenvalue weighted by Gasteiger charge is 2.22. The summed E-state index contributed by atoms with van der Waals surface area (Å²) in [6.07, 6.45) is 4.43. The van der Waals surface area contributed by atoms with E-state index in [2.05, 4.69) is 6.92 Å². The van der Waals surface area contributed by atoms with Gasteiger partial charge in [-0.2, -0.15) is 0 Å². The van der Waals surface area contributed by atoms with Crippen LogP contribution in [0.3, 0.4) is 0 Å². The molecule has 3 aromatic rings. The molecule has 0 saturated heterocycles. The fourth-order valence-electron chi connectivity index (χ4n) is 4.27. The highest BCUT2D eigenvalue weighted by molar-refractivity contribution is 5.71. The summed E-state index contributed by atoms with van der Waals surface area (Å²) in [7, 11) is 0. The number of halogens is 2. The normalized spacial score (nSPS) is 19.6. The zero-order valence-electron chi connectivity index (χ0n) is 16.5. The van der Waals surface area contributed by atoms with E-state index in [1.165, 1.54) is 6.07 Å². The molecule has 0 unspecified atom stereocenters. The third kappa shape index (κ3) is 3.87. The Morgan fingerprint density at radius 2 is 1.25 bits per heavy atom. The van der Waals surface area contributed by atoms with Crippen LogP contribution in [-0.2, 0) is 0 Å². The predicted molar refractivity (Wildman–Crippen MR) is 112 cm³/mol. The molecule has 28 heavy (non-hydrogen) atoms. The molecule has 1 aliphatic carbocycles. The Hall–Kier alpha value is -2.48. The molecule has 0 radical (unpaired) electrons. The molecule has 0 aliphatic heterocycles. The van der Waals surface area contributed by atoms with E-state index < -0.39 is 0 Å². The van der Waals surface area contributed by atoms with Crippen LogP contribution in [0.2, 0.25) is 0 Å². The van der Waals surface area contributed by atoms with Crippen LogP contribution >= 0.6 is 0 Å². The molecular formula is C26H26F2. The molecule has 0 heterocycles. The van der Waals surface area contributed by atoms with Crippen molar-refractivity contribution in [3.8, 4) is 22.3 Å². The number of hydrogen-bond donors (Lipinski definition) is 0. The first-order chi connectivity index (χ1) is 13.5. The second kappa shape index (κ2) is 7.87. The highest BCUT2D eigenvalue weighted by Crippen LogP contribution is 2.38. The molecule has 0 N–H and O–H groups in total. The van der Waals surface area contributed by atoms with Crippen LogP contribution in [0.15, 0.2) is 60.7 Å². The van der Waals surface area contributed by atoms with Crippen molar-refractivity contribution in [2.75, 3.05) is 0 Å². The van der Waals surface area contributed by atoms with Gasteiger partial charge in [0.25, 0.3) is 0 Å². The number of rotatable bonds is 3. The predicted octanol–water partition coefficient (Wildman–Crippen LogP) is 7.90. The van der Waals surface area contributed by atoms with Crippen molar-refractivity contribution in [2.24, 2.45) is 5.92 Å². The minimum Gasteiger partial charge on any atom is -0.207 e. The third-order valence-corrected chi connectivity index (χ3v) is 6.12. The maximum absolute atomic E-state index is 14.8. The number of benzene rings is 3. The van der Waals surface area contributed by atoms with E-state index in [9.17, 15) is 8.78 Å². The summed E-state index contributed by atoms with van der Waals surface area (Å²) >= 11 is 0.